The highest BCUT2D eigenvalue weighted by Crippen LogP contribution is 2.38. The van der Waals surface area contributed by atoms with Gasteiger partial charge in [-0.05, 0) is 150 Å². The molecule has 0 spiro atoms. The highest BCUT2D eigenvalue weighted by atomic mass is 16.6. The van der Waals surface area contributed by atoms with Gasteiger partial charge in [0.05, 0.1) is 62.6 Å². The molecular weight excluding hydrogens is 911 g/mol. The highest BCUT2D eigenvalue weighted by Gasteiger charge is 2.30. The molecule has 0 N–H and O–H groups in total. The lowest BCUT2D eigenvalue weighted by atomic mass is 9.87. The van der Waals surface area contributed by atoms with Crippen LogP contribution in [0.15, 0.2) is 86.0 Å². The van der Waals surface area contributed by atoms with Gasteiger partial charge in [-0.15, -0.1) is 0 Å². The third-order valence-electron chi connectivity index (χ3n) is 12.7. The van der Waals surface area contributed by atoms with Gasteiger partial charge in [-0.25, -0.2) is 14.6 Å². The summed E-state index contributed by atoms with van der Waals surface area (Å²) in [7, 11) is 1.63. The van der Waals surface area contributed by atoms with Gasteiger partial charge in [0.15, 0.2) is 0 Å². The van der Waals surface area contributed by atoms with Crippen molar-refractivity contribution < 1.29 is 66.5 Å². The molecule has 71 heavy (non-hydrogen) atoms. The molecule has 15 heteroatoms. The van der Waals surface area contributed by atoms with Crippen molar-refractivity contribution in [1.82, 2.24) is 4.98 Å². The van der Waals surface area contributed by atoms with E-state index in [9.17, 15) is 19.2 Å². The van der Waals surface area contributed by atoms with E-state index in [1.165, 1.54) is 12.2 Å². The molecule has 0 unspecified atom stereocenters. The molecule has 1 aromatic heterocycles. The average Bonchev–Trinajstić information content (AvgIpc) is 3.39. The van der Waals surface area contributed by atoms with Gasteiger partial charge in [0.1, 0.15) is 29.6 Å². The third kappa shape index (κ3) is 18.4. The number of unbranched alkanes of at least 4 members (excludes halogenated alkanes) is 6. The topological polar surface area (TPSA) is 173 Å². The molecule has 6 rings (SSSR count). The lowest BCUT2D eigenvalue weighted by Gasteiger charge is -2.27. The van der Waals surface area contributed by atoms with Gasteiger partial charge in [-0.1, -0.05) is 26.0 Å². The molecule has 0 aliphatic heterocycles. The summed E-state index contributed by atoms with van der Waals surface area (Å²) in [6.45, 7) is 10.7. The van der Waals surface area contributed by atoms with E-state index in [2.05, 4.69) is 13.2 Å². The summed E-state index contributed by atoms with van der Waals surface area (Å²) in [5, 5.41) is 2.27. The first-order valence-electron chi connectivity index (χ1n) is 25.3. The van der Waals surface area contributed by atoms with Crippen LogP contribution >= 0.6 is 0 Å². The van der Waals surface area contributed by atoms with E-state index >= 15 is 0 Å². The van der Waals surface area contributed by atoms with Gasteiger partial charge in [0, 0.05) is 49.3 Å². The second kappa shape index (κ2) is 30.1. The smallest absolute Gasteiger partial charge is 0.330 e. The minimum Gasteiger partial charge on any atom is -0.491 e. The van der Waals surface area contributed by atoms with E-state index in [1.807, 2.05) is 24.3 Å². The SMILES string of the molecule is C=CC(=O)OCCCCCCOC1CCC(C(=O)Oc2ccc3c(c2)nc(Oc2ccc(OCCOCCOC)cc2)c2cc(OC(=O)C4CCC(OCCCCCCOC(=O)C=C)CC4)ccc23)CC1. The first kappa shape index (κ1) is 54.5. The Labute approximate surface area is 417 Å². The van der Waals surface area contributed by atoms with Crippen LogP contribution < -0.4 is 18.9 Å². The molecule has 384 valence electrons. The van der Waals surface area contributed by atoms with E-state index in [1.54, 1.807) is 43.5 Å². The summed E-state index contributed by atoms with van der Waals surface area (Å²) in [5.41, 5.74) is 0.566. The molecule has 3 aromatic carbocycles. The number of aromatic nitrogens is 1. The first-order chi connectivity index (χ1) is 34.7. The normalized spacial score (nSPS) is 17.8. The Kier molecular flexibility index (Phi) is 23.1. The van der Waals surface area contributed by atoms with Crippen LogP contribution in [0.25, 0.3) is 21.7 Å². The van der Waals surface area contributed by atoms with Gasteiger partial charge in [0.2, 0.25) is 5.88 Å². The molecule has 0 saturated heterocycles. The van der Waals surface area contributed by atoms with Crippen molar-refractivity contribution in [3.05, 3.63) is 86.0 Å². The standard InChI is InChI=1S/C56H71NO14/c1-4-52(58)67-32-12-8-6-10-30-64-42-18-14-40(15-19-42)55(60)70-46-26-28-48-49-29-27-47(71-56(61)41-16-20-43(21-17-41)65-31-11-7-9-13-33-68-53(59)5-2)39-51(49)57-54(50(48)38-46)69-45-24-22-44(23-25-45)66-37-36-63-35-34-62-3/h4-5,22-29,38-43H,1-2,6-21,30-37H2,3H3. The number of pyridine rings is 1. The summed E-state index contributed by atoms with van der Waals surface area (Å²) in [5.74, 6) is 0.402. The van der Waals surface area contributed by atoms with Crippen molar-refractivity contribution in [1.29, 1.82) is 0 Å². The second-order valence-corrected chi connectivity index (χ2v) is 17.9. The third-order valence-corrected chi connectivity index (χ3v) is 12.7. The Bertz CT molecular complexity index is 2320. The lowest BCUT2D eigenvalue weighted by molar-refractivity contribution is -0.142. The number of hydrogen-bond donors (Lipinski definition) is 0. The summed E-state index contributed by atoms with van der Waals surface area (Å²) in [6, 6.07) is 18.1. The van der Waals surface area contributed by atoms with Crippen molar-refractivity contribution in [2.45, 2.75) is 115 Å². The van der Waals surface area contributed by atoms with Gasteiger partial charge in [-0.3, -0.25) is 9.59 Å². The Morgan fingerprint density at radius 2 is 1.00 bits per heavy atom. The number of rotatable bonds is 31. The van der Waals surface area contributed by atoms with Crippen molar-refractivity contribution in [2.75, 3.05) is 60.0 Å². The van der Waals surface area contributed by atoms with E-state index in [-0.39, 0.29) is 41.9 Å². The number of carbonyl (C=O) groups is 4. The average molecular weight is 982 g/mol. The molecule has 4 aromatic rings. The largest absolute Gasteiger partial charge is 0.491 e. The number of benzene rings is 3. The Morgan fingerprint density at radius 1 is 0.521 bits per heavy atom. The minimum absolute atomic E-state index is 0.111. The van der Waals surface area contributed by atoms with Crippen molar-refractivity contribution in [3.8, 4) is 28.9 Å². The maximum Gasteiger partial charge on any atom is 0.330 e. The predicted octanol–water partition coefficient (Wildman–Crippen LogP) is 10.8. The Hall–Kier alpha value is -5.87. The number of hydrogen-bond acceptors (Lipinski definition) is 15. The van der Waals surface area contributed by atoms with Crippen LogP contribution in [-0.2, 0) is 47.6 Å². The summed E-state index contributed by atoms with van der Waals surface area (Å²) in [4.78, 5) is 54.3. The number of carbonyl (C=O) groups excluding carboxylic acids is 4. The van der Waals surface area contributed by atoms with Crippen molar-refractivity contribution in [3.63, 3.8) is 0 Å². The quantitative estimate of drug-likeness (QED) is 0.0153. The van der Waals surface area contributed by atoms with Gasteiger partial charge >= 0.3 is 23.9 Å². The molecule has 2 saturated carbocycles. The van der Waals surface area contributed by atoms with Crippen LogP contribution in [-0.4, -0.2) is 101 Å². The van der Waals surface area contributed by atoms with E-state index in [0.717, 1.165) is 87.8 Å². The van der Waals surface area contributed by atoms with Gasteiger partial charge in [-0.2, -0.15) is 0 Å². The molecule has 0 radical (unpaired) electrons. The van der Waals surface area contributed by atoms with Crippen LogP contribution in [0.4, 0.5) is 0 Å². The van der Waals surface area contributed by atoms with E-state index in [4.69, 9.17) is 52.4 Å². The second-order valence-electron chi connectivity index (χ2n) is 17.9. The van der Waals surface area contributed by atoms with Crippen LogP contribution in [0.2, 0.25) is 0 Å². The zero-order valence-electron chi connectivity index (χ0n) is 41.3. The molecular formula is C56H71NO14. The van der Waals surface area contributed by atoms with Crippen molar-refractivity contribution in [2.24, 2.45) is 11.8 Å². The minimum atomic E-state index is -0.393. The Balaban J connectivity index is 1.05. The molecule has 2 aliphatic rings. The van der Waals surface area contributed by atoms with Crippen LogP contribution in [0.3, 0.4) is 0 Å². The lowest BCUT2D eigenvalue weighted by Crippen LogP contribution is -2.29. The first-order valence-corrected chi connectivity index (χ1v) is 25.3. The fourth-order valence-corrected chi connectivity index (χ4v) is 8.73. The van der Waals surface area contributed by atoms with E-state index in [0.29, 0.717) is 112 Å². The zero-order valence-corrected chi connectivity index (χ0v) is 41.3. The van der Waals surface area contributed by atoms with Crippen LogP contribution in [0.1, 0.15) is 103 Å². The maximum absolute atomic E-state index is 13.6. The summed E-state index contributed by atoms with van der Waals surface area (Å²) in [6.07, 6.45) is 15.8. The Morgan fingerprint density at radius 3 is 1.54 bits per heavy atom. The van der Waals surface area contributed by atoms with E-state index < -0.39 is 11.9 Å². The molecule has 2 aliphatic carbocycles. The molecule has 15 nitrogen and oxygen atoms in total. The number of nitrogens with zero attached hydrogens (tertiary/aromatic N) is 1. The van der Waals surface area contributed by atoms with Gasteiger partial charge in [0.25, 0.3) is 0 Å². The zero-order chi connectivity index (χ0) is 50.0. The van der Waals surface area contributed by atoms with Crippen LogP contribution in [0, 0.1) is 11.8 Å². The summed E-state index contributed by atoms with van der Waals surface area (Å²) >= 11 is 0. The molecule has 0 amide bonds. The monoisotopic (exact) mass is 981 g/mol. The highest BCUT2D eigenvalue weighted by molar-refractivity contribution is 6.08. The molecule has 1 heterocycles. The van der Waals surface area contributed by atoms with Crippen LogP contribution in [0.5, 0.6) is 28.9 Å². The molecule has 0 atom stereocenters. The number of ether oxygens (including phenoxy) is 10. The fraction of sp³-hybridized carbons (Fsp3) is 0.518. The molecule has 2 fully saturated rings. The maximum atomic E-state index is 13.6. The molecule has 0 bridgehead atoms. The fourth-order valence-electron chi connectivity index (χ4n) is 8.73. The summed E-state index contributed by atoms with van der Waals surface area (Å²) < 4.78 is 57.2. The number of fused-ring (bicyclic) bond motifs is 3. The van der Waals surface area contributed by atoms with Crippen molar-refractivity contribution >= 4 is 45.6 Å². The number of methoxy groups -OCH3 is 1. The number of esters is 4. The van der Waals surface area contributed by atoms with Gasteiger partial charge < -0.3 is 47.4 Å². The predicted molar refractivity (Wildman–Crippen MR) is 268 cm³/mol.